The smallest absolute Gasteiger partial charge is 0.410 e. The number of aliphatic hydroxyl groups excluding tert-OH is 1. The molecule has 0 aliphatic carbocycles. The summed E-state index contributed by atoms with van der Waals surface area (Å²) >= 11 is 13.9. The van der Waals surface area contributed by atoms with Gasteiger partial charge in [-0.1, -0.05) is 53.5 Å². The van der Waals surface area contributed by atoms with Crippen molar-refractivity contribution in [3.63, 3.8) is 0 Å². The predicted octanol–water partition coefficient (Wildman–Crippen LogP) is 7.21. The SMILES string of the molecule is COc1cc(-c2nccc(-c3cccc(NC(=O)c4ccc(CN(CCO)C(=O)OC(C)(C)C)cn4)c3Cl)c2Cl)ccc1CNC1CCN(C(C)=O)CC1. The zero-order valence-electron chi connectivity index (χ0n) is 31.1. The van der Waals surface area contributed by atoms with Crippen LogP contribution in [-0.2, 0) is 22.6 Å². The summed E-state index contributed by atoms with van der Waals surface area (Å²) < 4.78 is 11.2. The number of benzene rings is 2. The number of rotatable bonds is 12. The third-order valence-electron chi connectivity index (χ3n) is 8.96. The predicted molar refractivity (Wildman–Crippen MR) is 210 cm³/mol. The van der Waals surface area contributed by atoms with E-state index >= 15 is 0 Å². The first-order valence-electron chi connectivity index (χ1n) is 17.7. The number of amides is 3. The lowest BCUT2D eigenvalue weighted by molar-refractivity contribution is -0.129. The maximum absolute atomic E-state index is 13.3. The molecule has 14 heteroatoms. The number of carbonyl (C=O) groups excluding carboxylic acids is 3. The molecule has 3 heterocycles. The molecule has 2 aromatic carbocycles. The number of carbonyl (C=O) groups is 3. The van der Waals surface area contributed by atoms with Gasteiger partial charge in [0.1, 0.15) is 17.0 Å². The van der Waals surface area contributed by atoms with Crippen molar-refractivity contribution in [2.45, 2.75) is 65.3 Å². The van der Waals surface area contributed by atoms with E-state index in [1.807, 2.05) is 29.2 Å². The molecule has 4 aromatic rings. The quantitative estimate of drug-likeness (QED) is 0.136. The first kappa shape index (κ1) is 40.4. The van der Waals surface area contributed by atoms with Crippen molar-refractivity contribution in [1.82, 2.24) is 25.1 Å². The van der Waals surface area contributed by atoms with Gasteiger partial charge in [0, 0.05) is 73.8 Å². The molecule has 0 bridgehead atoms. The summed E-state index contributed by atoms with van der Waals surface area (Å²) in [5.41, 5.74) is 3.99. The van der Waals surface area contributed by atoms with Crippen LogP contribution >= 0.6 is 23.2 Å². The van der Waals surface area contributed by atoms with E-state index in [1.165, 1.54) is 11.1 Å². The van der Waals surface area contributed by atoms with Crippen molar-refractivity contribution < 1.29 is 29.0 Å². The summed E-state index contributed by atoms with van der Waals surface area (Å²) in [6.45, 7) is 9.02. The number of nitrogens with zero attached hydrogens (tertiary/aromatic N) is 4. The van der Waals surface area contributed by atoms with Crippen LogP contribution in [0.15, 0.2) is 67.0 Å². The Balaban J connectivity index is 1.28. The lowest BCUT2D eigenvalue weighted by Gasteiger charge is -2.32. The molecule has 3 amide bonds. The fourth-order valence-electron chi connectivity index (χ4n) is 6.12. The monoisotopic (exact) mass is 776 g/mol. The average Bonchev–Trinajstić information content (AvgIpc) is 3.14. The third kappa shape index (κ3) is 10.3. The van der Waals surface area contributed by atoms with Crippen LogP contribution in [0.2, 0.25) is 10.0 Å². The first-order valence-corrected chi connectivity index (χ1v) is 18.5. The van der Waals surface area contributed by atoms with Gasteiger partial charge >= 0.3 is 6.09 Å². The molecule has 2 aromatic heterocycles. The summed E-state index contributed by atoms with van der Waals surface area (Å²) in [5, 5.41) is 16.6. The van der Waals surface area contributed by atoms with Crippen molar-refractivity contribution >= 4 is 46.8 Å². The van der Waals surface area contributed by atoms with Gasteiger partial charge in [-0.25, -0.2) is 4.79 Å². The lowest BCUT2D eigenvalue weighted by atomic mass is 10.0. The van der Waals surface area contributed by atoms with Crippen LogP contribution in [0.5, 0.6) is 5.75 Å². The molecule has 1 aliphatic rings. The number of anilines is 1. The standard InChI is InChI=1S/C40H46Cl2N6O6/c1-25(50)47-17-14-29(15-18-47)44-23-28-11-10-27(21-34(28)53-5)37-36(42)31(13-16-43-37)30-7-6-8-32(35(30)41)46-38(51)33-12-9-26(22-45-33)24-48(19-20-49)39(52)54-40(2,3)4/h6-13,16,21-22,29,44,49H,14-15,17-20,23-24H2,1-5H3,(H,46,51). The number of aromatic nitrogens is 2. The zero-order valence-corrected chi connectivity index (χ0v) is 32.6. The minimum absolute atomic E-state index is 0.0815. The highest BCUT2D eigenvalue weighted by molar-refractivity contribution is 6.39. The maximum Gasteiger partial charge on any atom is 0.410 e. The van der Waals surface area contributed by atoms with Crippen LogP contribution in [0.25, 0.3) is 22.4 Å². The number of hydrogen-bond donors (Lipinski definition) is 3. The molecular formula is C40H46Cl2N6O6. The van der Waals surface area contributed by atoms with E-state index in [2.05, 4.69) is 20.6 Å². The second-order valence-corrected chi connectivity index (χ2v) is 14.8. The largest absolute Gasteiger partial charge is 0.496 e. The number of pyridine rings is 2. The molecule has 3 N–H and O–H groups in total. The highest BCUT2D eigenvalue weighted by Crippen LogP contribution is 2.41. The van der Waals surface area contributed by atoms with Gasteiger partial charge in [0.2, 0.25) is 5.91 Å². The molecule has 286 valence electrons. The molecule has 0 spiro atoms. The molecule has 54 heavy (non-hydrogen) atoms. The van der Waals surface area contributed by atoms with Gasteiger partial charge in [-0.2, -0.15) is 0 Å². The van der Waals surface area contributed by atoms with Crippen LogP contribution < -0.4 is 15.4 Å². The molecule has 0 atom stereocenters. The summed E-state index contributed by atoms with van der Waals surface area (Å²) in [4.78, 5) is 49.7. The van der Waals surface area contributed by atoms with Gasteiger partial charge in [0.25, 0.3) is 5.91 Å². The second kappa shape index (κ2) is 18.1. The second-order valence-electron chi connectivity index (χ2n) is 14.0. The minimum atomic E-state index is -0.689. The highest BCUT2D eigenvalue weighted by atomic mass is 35.5. The molecule has 0 unspecified atom stereocenters. The number of ether oxygens (including phenoxy) is 2. The van der Waals surface area contributed by atoms with E-state index in [-0.39, 0.29) is 36.3 Å². The van der Waals surface area contributed by atoms with Crippen molar-refractivity contribution in [3.05, 3.63) is 93.9 Å². The van der Waals surface area contributed by atoms with E-state index < -0.39 is 17.6 Å². The summed E-state index contributed by atoms with van der Waals surface area (Å²) in [6, 6.07) is 16.4. The molecule has 0 radical (unpaired) electrons. The summed E-state index contributed by atoms with van der Waals surface area (Å²) in [7, 11) is 1.63. The van der Waals surface area contributed by atoms with Crippen molar-refractivity contribution in [2.75, 3.05) is 38.7 Å². The van der Waals surface area contributed by atoms with Gasteiger partial charge in [-0.15, -0.1) is 0 Å². The van der Waals surface area contributed by atoms with E-state index in [4.69, 9.17) is 32.7 Å². The highest BCUT2D eigenvalue weighted by Gasteiger charge is 2.24. The number of nitrogens with one attached hydrogen (secondary N) is 2. The molecule has 12 nitrogen and oxygen atoms in total. The Bertz CT molecular complexity index is 1960. The normalized spacial score (nSPS) is 13.4. The Morgan fingerprint density at radius 1 is 1.00 bits per heavy atom. The molecule has 1 saturated heterocycles. The third-order valence-corrected chi connectivity index (χ3v) is 9.75. The van der Waals surface area contributed by atoms with Gasteiger partial charge < -0.3 is 35.0 Å². The lowest BCUT2D eigenvalue weighted by Crippen LogP contribution is -2.43. The van der Waals surface area contributed by atoms with Crippen LogP contribution in [0.4, 0.5) is 10.5 Å². The van der Waals surface area contributed by atoms with E-state index in [9.17, 15) is 19.5 Å². The van der Waals surface area contributed by atoms with Gasteiger partial charge in [0.15, 0.2) is 0 Å². The Morgan fingerprint density at radius 3 is 2.39 bits per heavy atom. The first-order chi connectivity index (χ1) is 25.8. The average molecular weight is 778 g/mol. The van der Waals surface area contributed by atoms with Crippen LogP contribution in [0, 0.1) is 0 Å². The Morgan fingerprint density at radius 2 is 1.74 bits per heavy atom. The van der Waals surface area contributed by atoms with Gasteiger partial charge in [-0.3, -0.25) is 19.6 Å². The fraction of sp³-hybridized carbons (Fsp3) is 0.375. The molecule has 1 fully saturated rings. The topological polar surface area (TPSA) is 146 Å². The molecule has 1 aliphatic heterocycles. The van der Waals surface area contributed by atoms with E-state index in [0.717, 1.165) is 37.1 Å². The zero-order chi connectivity index (χ0) is 39.0. The summed E-state index contributed by atoms with van der Waals surface area (Å²) in [5.74, 6) is 0.326. The van der Waals surface area contributed by atoms with Gasteiger partial charge in [-0.05, 0) is 63.4 Å². The molecular weight excluding hydrogens is 731 g/mol. The van der Waals surface area contributed by atoms with Crippen LogP contribution in [-0.4, -0.2) is 87.8 Å². The van der Waals surface area contributed by atoms with Crippen LogP contribution in [0.1, 0.15) is 62.2 Å². The van der Waals surface area contributed by atoms with Crippen LogP contribution in [0.3, 0.4) is 0 Å². The van der Waals surface area contributed by atoms with Crippen molar-refractivity contribution in [2.24, 2.45) is 0 Å². The van der Waals surface area contributed by atoms with E-state index in [1.54, 1.807) is 71.3 Å². The number of likely N-dealkylation sites (tertiary alicyclic amines) is 1. The summed E-state index contributed by atoms with van der Waals surface area (Å²) in [6.07, 6.45) is 4.39. The molecule has 5 rings (SSSR count). The maximum atomic E-state index is 13.3. The number of methoxy groups -OCH3 is 1. The number of hydrogen-bond acceptors (Lipinski definition) is 9. The van der Waals surface area contributed by atoms with E-state index in [0.29, 0.717) is 51.4 Å². The number of piperidine rings is 1. The van der Waals surface area contributed by atoms with Crippen molar-refractivity contribution in [1.29, 1.82) is 0 Å². The van der Waals surface area contributed by atoms with Crippen molar-refractivity contribution in [3.8, 4) is 28.1 Å². The number of halogens is 2. The Labute approximate surface area is 325 Å². The Hall–Kier alpha value is -4.75. The minimum Gasteiger partial charge on any atom is -0.496 e. The Kier molecular flexibility index (Phi) is 13.5. The molecule has 0 saturated carbocycles. The number of aliphatic hydroxyl groups is 1. The van der Waals surface area contributed by atoms with Gasteiger partial charge in [0.05, 0.1) is 41.7 Å². The fourth-order valence-corrected chi connectivity index (χ4v) is 6.72.